The molecule has 2 rings (SSSR count). The molecule has 0 unspecified atom stereocenters. The number of aliphatic imine (C=N–C) groups is 1. The van der Waals surface area contributed by atoms with Crippen molar-refractivity contribution in [2.45, 2.75) is 44.4 Å². The molecule has 1 aliphatic rings. The molecule has 2 N–H and O–H groups in total. The monoisotopic (exact) mass is 409 g/mol. The zero-order chi connectivity index (χ0) is 17.7. The van der Waals surface area contributed by atoms with Gasteiger partial charge in [0.2, 0.25) is 0 Å². The van der Waals surface area contributed by atoms with Gasteiger partial charge in [-0.05, 0) is 59.3 Å². The maximum Gasteiger partial charge on any atom is 0.391 e. The van der Waals surface area contributed by atoms with Crippen molar-refractivity contribution < 1.29 is 17.6 Å². The minimum absolute atomic E-state index is 0.0311. The van der Waals surface area contributed by atoms with E-state index < -0.39 is 12.1 Å². The maximum absolute atomic E-state index is 13.5. The maximum atomic E-state index is 13.5. The lowest BCUT2D eigenvalue weighted by Crippen LogP contribution is -2.45. The van der Waals surface area contributed by atoms with Crippen molar-refractivity contribution in [1.29, 1.82) is 0 Å². The summed E-state index contributed by atoms with van der Waals surface area (Å²) in [7, 11) is 1.60. The molecule has 0 aliphatic heterocycles. The average Bonchev–Trinajstić information content (AvgIpc) is 2.54. The summed E-state index contributed by atoms with van der Waals surface area (Å²) in [6, 6.07) is 4.79. The Bertz CT molecular complexity index is 581. The van der Waals surface area contributed by atoms with Crippen LogP contribution in [0.15, 0.2) is 27.7 Å². The molecule has 0 aromatic heterocycles. The molecule has 1 aromatic carbocycles. The van der Waals surface area contributed by atoms with E-state index in [1.807, 2.05) is 0 Å². The molecule has 0 saturated heterocycles. The van der Waals surface area contributed by atoms with Gasteiger partial charge < -0.3 is 10.6 Å². The first-order valence-corrected chi connectivity index (χ1v) is 8.56. The summed E-state index contributed by atoms with van der Waals surface area (Å²) in [5.74, 6) is -1.03. The third-order valence-electron chi connectivity index (χ3n) is 4.20. The molecule has 3 nitrogen and oxygen atoms in total. The van der Waals surface area contributed by atoms with Gasteiger partial charge in [-0.3, -0.25) is 4.99 Å². The van der Waals surface area contributed by atoms with E-state index in [9.17, 15) is 17.6 Å². The molecule has 0 bridgehead atoms. The van der Waals surface area contributed by atoms with Gasteiger partial charge in [-0.1, -0.05) is 6.07 Å². The predicted molar refractivity (Wildman–Crippen MR) is 89.2 cm³/mol. The molecular formula is C16H20BrF4N3. The molecule has 24 heavy (non-hydrogen) atoms. The molecule has 8 heteroatoms. The SMILES string of the molecule is CN=C(NCc1ccc(Br)c(F)c1)NC1CCC(C(F)(F)F)CC1. The lowest BCUT2D eigenvalue weighted by atomic mass is 9.85. The highest BCUT2D eigenvalue weighted by Gasteiger charge is 2.41. The van der Waals surface area contributed by atoms with Gasteiger partial charge in [0.25, 0.3) is 0 Å². The molecule has 0 spiro atoms. The highest BCUT2D eigenvalue weighted by Crippen LogP contribution is 2.37. The number of halogens is 5. The van der Waals surface area contributed by atoms with Crippen LogP contribution in [0.25, 0.3) is 0 Å². The van der Waals surface area contributed by atoms with Crippen molar-refractivity contribution >= 4 is 21.9 Å². The van der Waals surface area contributed by atoms with Crippen molar-refractivity contribution in [2.24, 2.45) is 10.9 Å². The fourth-order valence-electron chi connectivity index (χ4n) is 2.79. The minimum Gasteiger partial charge on any atom is -0.354 e. The zero-order valence-corrected chi connectivity index (χ0v) is 14.8. The second kappa shape index (κ2) is 8.18. The van der Waals surface area contributed by atoms with Crippen LogP contribution >= 0.6 is 15.9 Å². The summed E-state index contributed by atoms with van der Waals surface area (Å²) in [6.45, 7) is 0.377. The summed E-state index contributed by atoms with van der Waals surface area (Å²) in [5.41, 5.74) is 0.749. The van der Waals surface area contributed by atoms with E-state index in [2.05, 4.69) is 31.6 Å². The Morgan fingerprint density at radius 2 is 1.92 bits per heavy atom. The number of nitrogens with one attached hydrogen (secondary N) is 2. The number of hydrogen-bond acceptors (Lipinski definition) is 1. The number of rotatable bonds is 3. The van der Waals surface area contributed by atoms with Gasteiger partial charge in [0.15, 0.2) is 5.96 Å². The predicted octanol–water partition coefficient (Wildman–Crippen LogP) is 4.37. The smallest absolute Gasteiger partial charge is 0.354 e. The molecule has 1 fully saturated rings. The van der Waals surface area contributed by atoms with E-state index in [0.29, 0.717) is 29.8 Å². The molecule has 1 aliphatic carbocycles. The summed E-state index contributed by atoms with van der Waals surface area (Å²) in [5, 5.41) is 6.20. The fourth-order valence-corrected chi connectivity index (χ4v) is 3.04. The first kappa shape index (κ1) is 19.0. The molecule has 0 radical (unpaired) electrons. The van der Waals surface area contributed by atoms with Crippen molar-refractivity contribution in [3.05, 3.63) is 34.1 Å². The van der Waals surface area contributed by atoms with Crippen molar-refractivity contribution in [1.82, 2.24) is 10.6 Å². The Labute approximate surface area is 147 Å². The Morgan fingerprint density at radius 1 is 1.25 bits per heavy atom. The molecule has 1 aromatic rings. The molecule has 0 heterocycles. The van der Waals surface area contributed by atoms with Crippen LogP contribution in [0.1, 0.15) is 31.2 Å². The zero-order valence-electron chi connectivity index (χ0n) is 13.3. The van der Waals surface area contributed by atoms with E-state index in [1.165, 1.54) is 6.07 Å². The second-order valence-electron chi connectivity index (χ2n) is 5.91. The third-order valence-corrected chi connectivity index (χ3v) is 4.84. The van der Waals surface area contributed by atoms with E-state index >= 15 is 0 Å². The molecule has 134 valence electrons. The van der Waals surface area contributed by atoms with Crippen LogP contribution in [0.4, 0.5) is 17.6 Å². The van der Waals surface area contributed by atoms with Gasteiger partial charge in [-0.15, -0.1) is 0 Å². The van der Waals surface area contributed by atoms with E-state index in [0.717, 1.165) is 5.56 Å². The number of hydrogen-bond donors (Lipinski definition) is 2. The van der Waals surface area contributed by atoms with E-state index in [-0.39, 0.29) is 24.7 Å². The van der Waals surface area contributed by atoms with Gasteiger partial charge in [0, 0.05) is 19.6 Å². The van der Waals surface area contributed by atoms with Crippen molar-refractivity contribution in [3.63, 3.8) is 0 Å². The highest BCUT2D eigenvalue weighted by molar-refractivity contribution is 9.10. The number of guanidine groups is 1. The van der Waals surface area contributed by atoms with Crippen molar-refractivity contribution in [3.8, 4) is 0 Å². The lowest BCUT2D eigenvalue weighted by molar-refractivity contribution is -0.182. The van der Waals surface area contributed by atoms with Crippen LogP contribution in [0, 0.1) is 11.7 Å². The largest absolute Gasteiger partial charge is 0.391 e. The molecular weight excluding hydrogens is 390 g/mol. The van der Waals surface area contributed by atoms with Crippen LogP contribution < -0.4 is 10.6 Å². The molecule has 1 saturated carbocycles. The Kier molecular flexibility index (Phi) is 6.48. The quantitative estimate of drug-likeness (QED) is 0.441. The first-order chi connectivity index (χ1) is 11.3. The minimum atomic E-state index is -4.10. The van der Waals surface area contributed by atoms with Gasteiger partial charge in [-0.25, -0.2) is 4.39 Å². The first-order valence-electron chi connectivity index (χ1n) is 7.77. The Hall–Kier alpha value is -1.31. The van der Waals surface area contributed by atoms with Crippen LogP contribution in [0.3, 0.4) is 0 Å². The van der Waals surface area contributed by atoms with Crippen LogP contribution in [-0.2, 0) is 6.54 Å². The van der Waals surface area contributed by atoms with E-state index in [4.69, 9.17) is 0 Å². The third kappa shape index (κ3) is 5.36. The van der Waals surface area contributed by atoms with Gasteiger partial charge in [0.1, 0.15) is 5.82 Å². The Balaban J connectivity index is 1.82. The number of alkyl halides is 3. The second-order valence-corrected chi connectivity index (χ2v) is 6.76. The highest BCUT2D eigenvalue weighted by atomic mass is 79.9. The standard InChI is InChI=1S/C16H20BrF4N3/c1-22-15(23-9-10-2-7-13(17)14(18)8-10)24-12-5-3-11(4-6-12)16(19,20)21/h2,7-8,11-12H,3-6,9H2,1H3,(H2,22,23,24). The van der Waals surface area contributed by atoms with Crippen LogP contribution in [0.5, 0.6) is 0 Å². The molecule has 0 amide bonds. The van der Waals surface area contributed by atoms with Crippen LogP contribution in [0.2, 0.25) is 0 Å². The van der Waals surface area contributed by atoms with Crippen molar-refractivity contribution in [2.75, 3.05) is 7.05 Å². The van der Waals surface area contributed by atoms with Gasteiger partial charge in [0.05, 0.1) is 10.4 Å². The number of nitrogens with zero attached hydrogens (tertiary/aromatic N) is 1. The summed E-state index contributed by atoms with van der Waals surface area (Å²) in [6.07, 6.45) is -2.92. The number of benzene rings is 1. The van der Waals surface area contributed by atoms with Gasteiger partial charge in [-0.2, -0.15) is 13.2 Å². The lowest BCUT2D eigenvalue weighted by Gasteiger charge is -2.31. The normalized spacial score (nSPS) is 22.3. The summed E-state index contributed by atoms with van der Waals surface area (Å²) < 4.78 is 51.9. The van der Waals surface area contributed by atoms with Gasteiger partial charge >= 0.3 is 6.18 Å². The summed E-state index contributed by atoms with van der Waals surface area (Å²) in [4.78, 5) is 4.07. The Morgan fingerprint density at radius 3 is 2.46 bits per heavy atom. The summed E-state index contributed by atoms with van der Waals surface area (Å²) >= 11 is 3.10. The topological polar surface area (TPSA) is 36.4 Å². The van der Waals surface area contributed by atoms with E-state index in [1.54, 1.807) is 19.2 Å². The average molecular weight is 410 g/mol. The molecule has 0 atom stereocenters. The fraction of sp³-hybridized carbons (Fsp3) is 0.562. The van der Waals surface area contributed by atoms with Crippen LogP contribution in [-0.4, -0.2) is 25.2 Å².